The topological polar surface area (TPSA) is 124 Å². The van der Waals surface area contributed by atoms with Crippen LogP contribution in [0.5, 0.6) is 0 Å². The predicted octanol–water partition coefficient (Wildman–Crippen LogP) is 2.98. The number of sulfonamides is 1. The first kappa shape index (κ1) is 23.0. The zero-order valence-corrected chi connectivity index (χ0v) is 20.2. The molecule has 1 aliphatic rings. The van der Waals surface area contributed by atoms with Crippen molar-refractivity contribution in [3.05, 3.63) is 45.1 Å². The summed E-state index contributed by atoms with van der Waals surface area (Å²) in [4.78, 5) is 32.3. The van der Waals surface area contributed by atoms with Crippen LogP contribution in [0.2, 0.25) is 0 Å². The van der Waals surface area contributed by atoms with Crippen molar-refractivity contribution in [3.8, 4) is 0 Å². The van der Waals surface area contributed by atoms with Gasteiger partial charge in [-0.25, -0.2) is 18.5 Å². The fraction of sp³-hybridized carbons (Fsp3) is 0.381. The molecule has 3 aromatic rings. The molecule has 0 bridgehead atoms. The van der Waals surface area contributed by atoms with E-state index in [2.05, 4.69) is 12.2 Å². The highest BCUT2D eigenvalue weighted by Crippen LogP contribution is 2.36. The van der Waals surface area contributed by atoms with E-state index in [0.717, 1.165) is 35.0 Å². The number of nitrogens with one attached hydrogen (secondary N) is 1. The lowest BCUT2D eigenvalue weighted by Gasteiger charge is -2.17. The van der Waals surface area contributed by atoms with Crippen molar-refractivity contribution in [1.82, 2.24) is 9.55 Å². The molecular formula is C21H24N4O4S3. The molecule has 1 aromatic carbocycles. The number of rotatable bonds is 6. The Morgan fingerprint density at radius 2 is 2.06 bits per heavy atom. The average molecular weight is 493 g/mol. The minimum Gasteiger partial charge on any atom is -0.325 e. The van der Waals surface area contributed by atoms with Crippen molar-refractivity contribution >= 4 is 54.9 Å². The number of thioether (sulfide) groups is 1. The molecule has 2 aromatic heterocycles. The standard InChI is InChI=1S/C21H24N4O4S3/c1-3-25-20(27)18-15-9-4-12(2)10-16(15)31-19(18)24-21(25)30-11-17(26)23-13-5-7-14(8-6-13)32(22,28)29/h5-8,12H,3-4,9-11H2,1-2H3,(H,23,26)(H2,22,28,29). The van der Waals surface area contributed by atoms with Gasteiger partial charge in [0, 0.05) is 17.1 Å². The molecule has 0 radical (unpaired) electrons. The summed E-state index contributed by atoms with van der Waals surface area (Å²) < 4.78 is 24.3. The SMILES string of the molecule is CCn1c(SCC(=O)Nc2ccc(S(N)(=O)=O)cc2)nc2sc3c(c2c1=O)CCC(C)C3. The van der Waals surface area contributed by atoms with Gasteiger partial charge in [0.2, 0.25) is 15.9 Å². The van der Waals surface area contributed by atoms with Gasteiger partial charge in [0.05, 0.1) is 16.0 Å². The van der Waals surface area contributed by atoms with Gasteiger partial charge in [-0.15, -0.1) is 11.3 Å². The number of carbonyl (C=O) groups excluding carboxylic acids is 1. The fourth-order valence-electron chi connectivity index (χ4n) is 3.85. The number of hydrogen-bond donors (Lipinski definition) is 2. The van der Waals surface area contributed by atoms with Crippen LogP contribution in [0.3, 0.4) is 0 Å². The third kappa shape index (κ3) is 4.61. The van der Waals surface area contributed by atoms with E-state index in [1.54, 1.807) is 15.9 Å². The number of benzene rings is 1. The quantitative estimate of drug-likeness (QED) is 0.403. The van der Waals surface area contributed by atoms with Gasteiger partial charge in [-0.1, -0.05) is 18.7 Å². The molecule has 2 heterocycles. The smallest absolute Gasteiger partial charge is 0.263 e. The summed E-state index contributed by atoms with van der Waals surface area (Å²) >= 11 is 2.81. The number of thiophene rings is 1. The summed E-state index contributed by atoms with van der Waals surface area (Å²) in [5.74, 6) is 0.395. The second-order valence-corrected chi connectivity index (χ2v) is 11.5. The summed E-state index contributed by atoms with van der Waals surface area (Å²) in [5, 5.41) is 9.07. The van der Waals surface area contributed by atoms with Crippen LogP contribution >= 0.6 is 23.1 Å². The lowest BCUT2D eigenvalue weighted by molar-refractivity contribution is -0.113. The molecule has 4 rings (SSSR count). The Hall–Kier alpha value is -2.21. The lowest BCUT2D eigenvalue weighted by atomic mass is 9.89. The number of aryl methyl sites for hydroxylation is 1. The van der Waals surface area contributed by atoms with Gasteiger partial charge >= 0.3 is 0 Å². The van der Waals surface area contributed by atoms with Gasteiger partial charge in [-0.3, -0.25) is 14.2 Å². The van der Waals surface area contributed by atoms with Crippen LogP contribution in [0.25, 0.3) is 10.2 Å². The molecule has 0 fully saturated rings. The summed E-state index contributed by atoms with van der Waals surface area (Å²) in [7, 11) is -3.79. The molecule has 1 amide bonds. The minimum absolute atomic E-state index is 0.0256. The monoisotopic (exact) mass is 492 g/mol. The first-order chi connectivity index (χ1) is 15.2. The Balaban J connectivity index is 1.52. The van der Waals surface area contributed by atoms with Gasteiger partial charge < -0.3 is 5.32 Å². The van der Waals surface area contributed by atoms with Gasteiger partial charge in [0.1, 0.15) is 4.83 Å². The van der Waals surface area contributed by atoms with E-state index in [-0.39, 0.29) is 22.1 Å². The van der Waals surface area contributed by atoms with Crippen LogP contribution in [0.4, 0.5) is 5.69 Å². The molecule has 0 saturated carbocycles. The van der Waals surface area contributed by atoms with Gasteiger partial charge in [-0.05, 0) is 61.9 Å². The van der Waals surface area contributed by atoms with Crippen LogP contribution in [0, 0.1) is 5.92 Å². The zero-order valence-electron chi connectivity index (χ0n) is 17.8. The van der Waals surface area contributed by atoms with E-state index in [1.165, 1.54) is 40.9 Å². The first-order valence-corrected chi connectivity index (χ1v) is 13.6. The fourth-order valence-corrected chi connectivity index (χ4v) is 6.65. The van der Waals surface area contributed by atoms with E-state index in [1.807, 2.05) is 6.92 Å². The van der Waals surface area contributed by atoms with Crippen LogP contribution in [0.1, 0.15) is 30.7 Å². The summed E-state index contributed by atoms with van der Waals surface area (Å²) in [6.45, 7) is 4.60. The second-order valence-electron chi connectivity index (χ2n) is 7.88. The van der Waals surface area contributed by atoms with Crippen molar-refractivity contribution in [2.75, 3.05) is 11.1 Å². The van der Waals surface area contributed by atoms with E-state index in [9.17, 15) is 18.0 Å². The van der Waals surface area contributed by atoms with Crippen LogP contribution < -0.4 is 16.0 Å². The van der Waals surface area contributed by atoms with Crippen molar-refractivity contribution in [2.24, 2.45) is 11.1 Å². The van der Waals surface area contributed by atoms with E-state index in [0.29, 0.717) is 23.3 Å². The normalized spacial score (nSPS) is 16.2. The Kier molecular flexibility index (Phi) is 6.44. The van der Waals surface area contributed by atoms with Crippen molar-refractivity contribution < 1.29 is 13.2 Å². The maximum Gasteiger partial charge on any atom is 0.263 e. The number of nitrogens with zero attached hydrogens (tertiary/aromatic N) is 2. The molecule has 1 atom stereocenters. The molecule has 0 saturated heterocycles. The molecule has 8 nitrogen and oxygen atoms in total. The van der Waals surface area contributed by atoms with Crippen LogP contribution in [-0.2, 0) is 34.2 Å². The number of primary sulfonamides is 1. The third-order valence-corrected chi connectivity index (χ3v) is 8.55. The van der Waals surface area contributed by atoms with Gasteiger partial charge in [0.15, 0.2) is 5.16 Å². The predicted molar refractivity (Wildman–Crippen MR) is 128 cm³/mol. The highest BCUT2D eigenvalue weighted by Gasteiger charge is 2.24. The van der Waals surface area contributed by atoms with Crippen LogP contribution in [-0.4, -0.2) is 29.6 Å². The molecule has 0 spiro atoms. The Bertz CT molecular complexity index is 1340. The van der Waals surface area contributed by atoms with Crippen LogP contribution in [0.15, 0.2) is 39.1 Å². The minimum atomic E-state index is -3.79. The third-order valence-electron chi connectivity index (χ3n) is 5.50. The lowest BCUT2D eigenvalue weighted by Crippen LogP contribution is -2.24. The number of fused-ring (bicyclic) bond motifs is 3. The highest BCUT2D eigenvalue weighted by atomic mass is 32.2. The Labute approximate surface area is 194 Å². The summed E-state index contributed by atoms with van der Waals surface area (Å²) in [6.07, 6.45) is 2.98. The molecule has 32 heavy (non-hydrogen) atoms. The molecule has 170 valence electrons. The number of hydrogen-bond acceptors (Lipinski definition) is 7. The largest absolute Gasteiger partial charge is 0.325 e. The zero-order chi connectivity index (χ0) is 23.0. The van der Waals surface area contributed by atoms with E-state index >= 15 is 0 Å². The Morgan fingerprint density at radius 1 is 1.34 bits per heavy atom. The van der Waals surface area contributed by atoms with Crippen molar-refractivity contribution in [1.29, 1.82) is 0 Å². The average Bonchev–Trinajstić information content (AvgIpc) is 3.09. The molecular weight excluding hydrogens is 468 g/mol. The van der Waals surface area contributed by atoms with E-state index in [4.69, 9.17) is 10.1 Å². The molecule has 11 heteroatoms. The number of amides is 1. The molecule has 0 aliphatic heterocycles. The van der Waals surface area contributed by atoms with Gasteiger partial charge in [0.25, 0.3) is 5.56 Å². The molecule has 3 N–H and O–H groups in total. The summed E-state index contributed by atoms with van der Waals surface area (Å²) in [6, 6.07) is 5.63. The number of nitrogens with two attached hydrogens (primary N) is 1. The highest BCUT2D eigenvalue weighted by molar-refractivity contribution is 7.99. The number of aromatic nitrogens is 2. The van der Waals surface area contributed by atoms with Crippen molar-refractivity contribution in [2.45, 2.75) is 49.7 Å². The maximum absolute atomic E-state index is 13.2. The maximum atomic E-state index is 13.2. The number of anilines is 1. The second kappa shape index (κ2) is 8.97. The molecule has 1 unspecified atom stereocenters. The van der Waals surface area contributed by atoms with E-state index < -0.39 is 10.0 Å². The molecule has 1 aliphatic carbocycles. The Morgan fingerprint density at radius 3 is 2.72 bits per heavy atom. The van der Waals surface area contributed by atoms with Crippen molar-refractivity contribution in [3.63, 3.8) is 0 Å². The van der Waals surface area contributed by atoms with Gasteiger partial charge in [-0.2, -0.15) is 0 Å². The summed E-state index contributed by atoms with van der Waals surface area (Å²) in [5.41, 5.74) is 1.57. The number of carbonyl (C=O) groups is 1. The first-order valence-electron chi connectivity index (χ1n) is 10.3.